The Kier molecular flexibility index (Phi) is 13.0. The van der Waals surface area contributed by atoms with Gasteiger partial charge in [0.15, 0.2) is 0 Å². The monoisotopic (exact) mass is 760 g/mol. The Bertz CT molecular complexity index is 1840. The van der Waals surface area contributed by atoms with Crippen molar-refractivity contribution in [2.75, 3.05) is 18.6 Å². The molecule has 2 fully saturated rings. The van der Waals surface area contributed by atoms with Crippen LogP contribution in [0.25, 0.3) is 0 Å². The van der Waals surface area contributed by atoms with Gasteiger partial charge in [-0.15, -0.1) is 0 Å². The molecule has 1 heterocycles. The summed E-state index contributed by atoms with van der Waals surface area (Å²) in [4.78, 5) is 80.2. The van der Waals surface area contributed by atoms with Crippen LogP contribution in [0.3, 0.4) is 0 Å². The topological polar surface area (TPSA) is 183 Å². The minimum absolute atomic E-state index is 0.0302. The van der Waals surface area contributed by atoms with Gasteiger partial charge in [0.1, 0.15) is 24.0 Å². The number of halogens is 1. The first-order chi connectivity index (χ1) is 25.8. The summed E-state index contributed by atoms with van der Waals surface area (Å²) in [5, 5.41) is 25.5. The molecule has 13 nitrogen and oxygen atoms in total. The van der Waals surface area contributed by atoms with Gasteiger partial charge in [-0.05, 0) is 72.4 Å². The first-order valence-electron chi connectivity index (χ1n) is 17.9. The normalized spacial score (nSPS) is 18.2. The van der Waals surface area contributed by atoms with Crippen LogP contribution in [0.1, 0.15) is 74.7 Å². The molecule has 3 aromatic carbocycles. The maximum atomic E-state index is 14.5. The Labute approximate surface area is 318 Å². The number of amides is 4. The Morgan fingerprint density at radius 1 is 0.907 bits per heavy atom. The van der Waals surface area contributed by atoms with E-state index in [1.54, 1.807) is 79.9 Å². The summed E-state index contributed by atoms with van der Waals surface area (Å²) in [5.74, 6) is -3.17. The Hall–Kier alpha value is -5.43. The Morgan fingerprint density at radius 3 is 2.11 bits per heavy atom. The molecule has 1 saturated heterocycles. The predicted octanol–water partition coefficient (Wildman–Crippen LogP) is 4.90. The van der Waals surface area contributed by atoms with Gasteiger partial charge in [0.25, 0.3) is 5.91 Å². The number of nitrogens with zero attached hydrogens (tertiary/aromatic N) is 2. The fraction of sp³-hybridized carbons (Fsp3) is 0.400. The minimum atomic E-state index is -1.23. The van der Waals surface area contributed by atoms with Crippen LogP contribution in [-0.4, -0.2) is 76.4 Å². The van der Waals surface area contributed by atoms with Crippen LogP contribution in [0, 0.1) is 5.41 Å². The molecule has 54 heavy (non-hydrogen) atoms. The zero-order valence-corrected chi connectivity index (χ0v) is 31.0. The third kappa shape index (κ3) is 9.37. The number of hydrogen-bond donors (Lipinski definition) is 4. The highest BCUT2D eigenvalue weighted by molar-refractivity contribution is 6.30. The van der Waals surface area contributed by atoms with Gasteiger partial charge < -0.3 is 30.5 Å². The van der Waals surface area contributed by atoms with Crippen molar-refractivity contribution in [3.05, 3.63) is 94.5 Å². The second-order valence-corrected chi connectivity index (χ2v) is 14.3. The van der Waals surface area contributed by atoms with Gasteiger partial charge in [-0.25, -0.2) is 4.79 Å². The molecular formula is C40H45ClN4O9. The molecule has 5 rings (SSSR count). The van der Waals surface area contributed by atoms with E-state index in [2.05, 4.69) is 10.6 Å². The lowest BCUT2D eigenvalue weighted by molar-refractivity contribution is -0.144. The summed E-state index contributed by atoms with van der Waals surface area (Å²) in [5.41, 5.74) is 1.59. The van der Waals surface area contributed by atoms with E-state index in [9.17, 15) is 39.0 Å². The van der Waals surface area contributed by atoms with Crippen LogP contribution in [0.5, 0.6) is 5.75 Å². The number of methoxy groups -OCH3 is 1. The number of anilines is 1. The van der Waals surface area contributed by atoms with Crippen molar-refractivity contribution in [1.82, 2.24) is 15.5 Å². The van der Waals surface area contributed by atoms with Crippen LogP contribution in [0.15, 0.2) is 72.8 Å². The molecule has 4 N–H and O–H groups in total. The van der Waals surface area contributed by atoms with Crippen LogP contribution >= 0.6 is 11.6 Å². The van der Waals surface area contributed by atoms with Gasteiger partial charge in [0.2, 0.25) is 17.7 Å². The van der Waals surface area contributed by atoms with Crippen LogP contribution in [-0.2, 0) is 41.6 Å². The molecule has 1 aliphatic heterocycles. The number of carbonyl (C=O) groups is 6. The van der Waals surface area contributed by atoms with Crippen LogP contribution < -0.4 is 20.3 Å². The molecule has 14 heteroatoms. The number of hydrogen-bond acceptors (Lipinski definition) is 7. The second-order valence-electron chi connectivity index (χ2n) is 13.9. The highest BCUT2D eigenvalue weighted by Gasteiger charge is 2.49. The number of carboxylic acids is 2. The van der Waals surface area contributed by atoms with Crippen molar-refractivity contribution in [2.45, 2.75) is 83.0 Å². The third-order valence-electron chi connectivity index (χ3n) is 10.2. The van der Waals surface area contributed by atoms with Crippen molar-refractivity contribution in [3.8, 4) is 5.75 Å². The highest BCUT2D eigenvalue weighted by atomic mass is 35.5. The molecule has 3 unspecified atom stereocenters. The predicted molar refractivity (Wildman–Crippen MR) is 200 cm³/mol. The summed E-state index contributed by atoms with van der Waals surface area (Å²) in [7, 11) is 1.54. The fourth-order valence-corrected chi connectivity index (χ4v) is 7.52. The summed E-state index contributed by atoms with van der Waals surface area (Å²) in [6.07, 6.45) is 1.72. The maximum absolute atomic E-state index is 14.5. The molecule has 0 spiro atoms. The molecule has 1 saturated carbocycles. The SMILES string of the molecule is COc1ccc(CC2C(=O)N(c3ccc(CC(NC(=O)C4(CCNC(C)=O)CCCC4)C(=O)O)cc3)C(c3ccc(Cl)cc3)N2C(=O)CCC(=O)O)cc1. The molecule has 4 amide bonds. The molecule has 2 aliphatic rings. The van der Waals surface area contributed by atoms with Crippen molar-refractivity contribution >= 4 is 52.9 Å². The molecule has 3 atom stereocenters. The van der Waals surface area contributed by atoms with Crippen molar-refractivity contribution < 1.29 is 43.7 Å². The number of benzene rings is 3. The van der Waals surface area contributed by atoms with E-state index in [0.717, 1.165) is 18.4 Å². The lowest BCUT2D eigenvalue weighted by atomic mass is 9.81. The van der Waals surface area contributed by atoms with Crippen LogP contribution in [0.4, 0.5) is 5.69 Å². The number of nitrogens with one attached hydrogen (secondary N) is 2. The molecular weight excluding hydrogens is 716 g/mol. The van der Waals surface area contributed by atoms with Gasteiger partial charge >= 0.3 is 11.9 Å². The van der Waals surface area contributed by atoms with Crippen LogP contribution in [0.2, 0.25) is 5.02 Å². The lowest BCUT2D eigenvalue weighted by Crippen LogP contribution is -2.49. The van der Waals surface area contributed by atoms with E-state index < -0.39 is 47.9 Å². The number of ether oxygens (including phenoxy) is 1. The van der Waals surface area contributed by atoms with Gasteiger partial charge in [0.05, 0.1) is 18.9 Å². The van der Waals surface area contributed by atoms with E-state index in [1.807, 2.05) is 0 Å². The third-order valence-corrected chi connectivity index (χ3v) is 10.5. The van der Waals surface area contributed by atoms with Gasteiger partial charge in [0, 0.05) is 43.4 Å². The molecule has 3 aromatic rings. The number of rotatable bonds is 16. The number of carboxylic acid groups (broad SMARTS) is 2. The summed E-state index contributed by atoms with van der Waals surface area (Å²) < 4.78 is 5.28. The molecule has 0 aromatic heterocycles. The van der Waals surface area contributed by atoms with Gasteiger partial charge in [-0.3, -0.25) is 28.9 Å². The van der Waals surface area contributed by atoms with E-state index in [1.165, 1.54) is 16.7 Å². The van der Waals surface area contributed by atoms with Crippen molar-refractivity contribution in [3.63, 3.8) is 0 Å². The zero-order chi connectivity index (χ0) is 39.0. The Balaban J connectivity index is 1.44. The molecule has 1 aliphatic carbocycles. The van der Waals surface area contributed by atoms with E-state index >= 15 is 0 Å². The first-order valence-corrected chi connectivity index (χ1v) is 18.3. The Morgan fingerprint density at radius 2 is 1.54 bits per heavy atom. The molecule has 0 bridgehead atoms. The zero-order valence-electron chi connectivity index (χ0n) is 30.3. The standard InChI is InChI=1S/C40H45ClN4O9/c1-25(46)42-22-21-40(19-3-4-20-40)39(53)43-32(38(51)52)23-26-5-13-30(14-6-26)44-36(28-9-11-29(41)12-10-28)45(34(47)17-18-35(48)49)33(37(44)50)24-27-7-15-31(54-2)16-8-27/h5-16,32-33,36H,3-4,17-24H2,1-2H3,(H,42,46)(H,43,53)(H,48,49)(H,51,52). The average molecular weight is 761 g/mol. The smallest absolute Gasteiger partial charge is 0.326 e. The molecule has 0 radical (unpaired) electrons. The van der Waals surface area contributed by atoms with E-state index in [-0.39, 0.29) is 37.0 Å². The average Bonchev–Trinajstić information content (AvgIpc) is 3.74. The molecule has 286 valence electrons. The van der Waals surface area contributed by atoms with Gasteiger partial charge in [-0.2, -0.15) is 0 Å². The maximum Gasteiger partial charge on any atom is 0.326 e. The first kappa shape index (κ1) is 39.8. The lowest BCUT2D eigenvalue weighted by Gasteiger charge is -2.32. The minimum Gasteiger partial charge on any atom is -0.497 e. The quantitative estimate of drug-likeness (QED) is 0.158. The number of aliphatic carboxylic acids is 2. The summed E-state index contributed by atoms with van der Waals surface area (Å²) in [6.45, 7) is 1.72. The second kappa shape index (κ2) is 17.6. The van der Waals surface area contributed by atoms with Gasteiger partial charge in [-0.1, -0.05) is 60.8 Å². The number of carbonyl (C=O) groups excluding carboxylic acids is 4. The van der Waals surface area contributed by atoms with Crippen molar-refractivity contribution in [2.24, 2.45) is 5.41 Å². The van der Waals surface area contributed by atoms with E-state index in [4.69, 9.17) is 16.3 Å². The largest absolute Gasteiger partial charge is 0.497 e. The van der Waals surface area contributed by atoms with Crippen molar-refractivity contribution in [1.29, 1.82) is 0 Å². The fourth-order valence-electron chi connectivity index (χ4n) is 7.39. The highest BCUT2D eigenvalue weighted by Crippen LogP contribution is 2.42. The summed E-state index contributed by atoms with van der Waals surface area (Å²) in [6, 6.07) is 18.3. The summed E-state index contributed by atoms with van der Waals surface area (Å²) >= 11 is 6.22. The van der Waals surface area contributed by atoms with E-state index in [0.29, 0.717) is 53.4 Å².